The molecule has 3 aliphatic rings. The highest BCUT2D eigenvalue weighted by atomic mass is 16.7. The lowest BCUT2D eigenvalue weighted by atomic mass is 9.58. The zero-order valence-corrected chi connectivity index (χ0v) is 32.0. The minimum absolute atomic E-state index is 0.0176. The lowest BCUT2D eigenvalue weighted by molar-refractivity contribution is -0.182. The van der Waals surface area contributed by atoms with E-state index in [1.807, 2.05) is 49.5 Å². The highest BCUT2D eigenvalue weighted by Crippen LogP contribution is 2.47. The third kappa shape index (κ3) is 8.46. The van der Waals surface area contributed by atoms with Gasteiger partial charge in [0.15, 0.2) is 0 Å². The van der Waals surface area contributed by atoms with E-state index in [2.05, 4.69) is 45.3 Å². The molecule has 51 heavy (non-hydrogen) atoms. The van der Waals surface area contributed by atoms with Gasteiger partial charge in [0.25, 0.3) is 5.91 Å². The van der Waals surface area contributed by atoms with Gasteiger partial charge >= 0.3 is 0 Å². The Labute approximate surface area is 305 Å². The topological polar surface area (TPSA) is 124 Å². The lowest BCUT2D eigenvalue weighted by Crippen LogP contribution is -2.56. The van der Waals surface area contributed by atoms with Crippen molar-refractivity contribution < 1.29 is 29.4 Å². The number of amides is 2. The molecule has 2 aromatic carbocycles. The molecule has 2 amide bonds. The van der Waals surface area contributed by atoms with E-state index in [9.17, 15) is 19.8 Å². The van der Waals surface area contributed by atoms with Crippen molar-refractivity contribution >= 4 is 11.8 Å². The number of nitrogens with zero attached hydrogens (tertiary/aromatic N) is 2. The fourth-order valence-electron chi connectivity index (χ4n) is 8.72. The lowest BCUT2D eigenvalue weighted by Gasteiger charge is -2.50. The van der Waals surface area contributed by atoms with Crippen molar-refractivity contribution in [1.29, 1.82) is 0 Å². The molecule has 1 aliphatic carbocycles. The summed E-state index contributed by atoms with van der Waals surface area (Å²) in [6, 6.07) is 13.0. The minimum Gasteiger partial charge on any atom is -0.496 e. The Kier molecular flexibility index (Phi) is 12.9. The maximum atomic E-state index is 14.3. The van der Waals surface area contributed by atoms with Gasteiger partial charge in [0.2, 0.25) is 5.91 Å². The molecule has 2 heterocycles. The summed E-state index contributed by atoms with van der Waals surface area (Å²) in [5.41, 5.74) is 3.19. The first kappa shape index (κ1) is 39.2. The van der Waals surface area contributed by atoms with E-state index in [0.717, 1.165) is 42.5 Å². The summed E-state index contributed by atoms with van der Waals surface area (Å²) < 4.78 is 6.01. The monoisotopic (exact) mass is 706 g/mol. The molecular formula is C41H62N4O6. The van der Waals surface area contributed by atoms with E-state index in [1.165, 1.54) is 12.8 Å². The average molecular weight is 707 g/mol. The molecule has 1 saturated carbocycles. The molecule has 2 saturated heterocycles. The Morgan fingerprint density at radius 1 is 1.16 bits per heavy atom. The van der Waals surface area contributed by atoms with Crippen LogP contribution in [0.2, 0.25) is 0 Å². The quantitative estimate of drug-likeness (QED) is 0.236. The number of nitrogens with one attached hydrogen (secondary N) is 2. The summed E-state index contributed by atoms with van der Waals surface area (Å²) in [7, 11) is 3.47. The van der Waals surface area contributed by atoms with E-state index in [-0.39, 0.29) is 42.3 Å². The Bertz CT molecular complexity index is 1490. The Hall–Kier alpha value is -3.02. The number of aliphatic hydroxyl groups excluding tert-OH is 2. The zero-order valence-electron chi connectivity index (χ0n) is 32.0. The van der Waals surface area contributed by atoms with Gasteiger partial charge in [0.05, 0.1) is 26.4 Å². The number of hydrogen-bond donors (Lipinski definition) is 4. The maximum absolute atomic E-state index is 14.3. The first-order chi connectivity index (χ1) is 24.3. The third-order valence-electron chi connectivity index (χ3n) is 12.8. The number of hydrogen-bond acceptors (Lipinski definition) is 8. The van der Waals surface area contributed by atoms with Crippen molar-refractivity contribution in [2.45, 2.75) is 111 Å². The number of carbonyl (C=O) groups is 2. The number of methoxy groups -OCH3 is 1. The molecule has 1 unspecified atom stereocenters. The number of piperidine rings is 1. The van der Waals surface area contributed by atoms with Gasteiger partial charge < -0.3 is 30.5 Å². The van der Waals surface area contributed by atoms with Crippen LogP contribution in [0.1, 0.15) is 89.6 Å². The van der Waals surface area contributed by atoms with E-state index in [1.54, 1.807) is 24.0 Å². The Morgan fingerprint density at radius 2 is 1.90 bits per heavy atom. The molecule has 5 rings (SSSR count). The maximum Gasteiger partial charge on any atom is 0.253 e. The summed E-state index contributed by atoms with van der Waals surface area (Å²) in [4.78, 5) is 35.8. The van der Waals surface area contributed by atoms with Gasteiger partial charge in [-0.1, -0.05) is 71.4 Å². The molecule has 10 nitrogen and oxygen atoms in total. The fourth-order valence-corrected chi connectivity index (χ4v) is 8.72. The second-order valence-corrected chi connectivity index (χ2v) is 16.1. The van der Waals surface area contributed by atoms with Crippen molar-refractivity contribution in [3.63, 3.8) is 0 Å². The molecule has 0 radical (unpaired) electrons. The molecule has 282 valence electrons. The first-order valence-electron chi connectivity index (χ1n) is 19.1. The molecular weight excluding hydrogens is 644 g/mol. The fraction of sp³-hybridized carbons (Fsp3) is 0.659. The normalized spacial score (nSPS) is 30.1. The smallest absolute Gasteiger partial charge is 0.253 e. The number of aliphatic hydroxyl groups is 2. The highest BCUT2D eigenvalue weighted by Gasteiger charge is 2.51. The van der Waals surface area contributed by atoms with Gasteiger partial charge in [-0.15, -0.1) is 0 Å². The van der Waals surface area contributed by atoms with Crippen molar-refractivity contribution in [1.82, 2.24) is 20.6 Å². The van der Waals surface area contributed by atoms with E-state index < -0.39 is 24.2 Å². The predicted octanol–water partition coefficient (Wildman–Crippen LogP) is 5.26. The molecule has 10 heteroatoms. The Morgan fingerprint density at radius 3 is 2.57 bits per heavy atom. The van der Waals surface area contributed by atoms with Crippen LogP contribution in [-0.2, 0) is 16.2 Å². The first-order valence-corrected chi connectivity index (χ1v) is 19.1. The standard InChI is InChI=1S/C41H62N4O6/c1-25-21-34(26(2)27(3)41(25,5)6)43-39(48)37-36(28(4)47)35(24-46)51-45(37)23-31-15-12-17-33(38(31)50-8)29-13-11-14-30(22-29)40(49)44(7)20-18-32-16-9-10-19-42-32/h11-15,17,22,25-28,32,34-37,42,46-47H,9-10,16,18-21,23-24H2,1-8H3,(H,43,48)/t25-,26+,27+,28+,32?,34+,35+,36+,37+/m1/s1. The predicted molar refractivity (Wildman–Crippen MR) is 200 cm³/mol. The van der Waals surface area contributed by atoms with Crippen LogP contribution < -0.4 is 15.4 Å². The molecule has 0 bridgehead atoms. The van der Waals surface area contributed by atoms with Gasteiger partial charge in [-0.2, -0.15) is 5.06 Å². The molecule has 2 aliphatic heterocycles. The van der Waals surface area contributed by atoms with Crippen LogP contribution in [0.25, 0.3) is 11.1 Å². The number of rotatable bonds is 12. The van der Waals surface area contributed by atoms with Crippen LogP contribution in [0.4, 0.5) is 0 Å². The van der Waals surface area contributed by atoms with Crippen LogP contribution in [0, 0.1) is 29.1 Å². The molecule has 0 aromatic heterocycles. The molecule has 2 aromatic rings. The van der Waals surface area contributed by atoms with Crippen molar-refractivity contribution in [3.8, 4) is 16.9 Å². The van der Waals surface area contributed by atoms with Crippen molar-refractivity contribution in [2.24, 2.45) is 29.1 Å². The summed E-state index contributed by atoms with van der Waals surface area (Å²) in [6.07, 6.45) is 3.75. The SMILES string of the molecule is COc1c(CN2O[C@@H](CO)[C@H]([C@H](C)O)[C@H]2C(=O)N[C@H]2C[C@@H](C)C(C)(C)[C@@H](C)[C@@H]2C)cccc1-c1cccc(C(=O)N(C)CCC2CCCCN2)c1. The Balaban J connectivity index is 1.37. The van der Waals surface area contributed by atoms with Crippen molar-refractivity contribution in [3.05, 3.63) is 53.6 Å². The minimum atomic E-state index is -0.894. The summed E-state index contributed by atoms with van der Waals surface area (Å²) in [6.45, 7) is 14.6. The van der Waals surface area contributed by atoms with Crippen molar-refractivity contribution in [2.75, 3.05) is 33.9 Å². The van der Waals surface area contributed by atoms with Crippen LogP contribution >= 0.6 is 0 Å². The second kappa shape index (κ2) is 16.8. The van der Waals surface area contributed by atoms with E-state index in [0.29, 0.717) is 35.7 Å². The number of hydroxylamine groups is 2. The third-order valence-corrected chi connectivity index (χ3v) is 12.8. The molecule has 0 spiro atoms. The number of benzene rings is 2. The van der Waals surface area contributed by atoms with E-state index in [4.69, 9.17) is 9.57 Å². The van der Waals surface area contributed by atoms with Crippen LogP contribution in [0.5, 0.6) is 5.75 Å². The van der Waals surface area contributed by atoms with Crippen LogP contribution in [0.15, 0.2) is 42.5 Å². The van der Waals surface area contributed by atoms with Gasteiger partial charge in [0, 0.05) is 48.3 Å². The van der Waals surface area contributed by atoms with Gasteiger partial charge in [-0.05, 0) is 80.0 Å². The van der Waals surface area contributed by atoms with Gasteiger partial charge in [-0.3, -0.25) is 14.4 Å². The molecule has 9 atom stereocenters. The molecule has 4 N–H and O–H groups in total. The van der Waals surface area contributed by atoms with Crippen LogP contribution in [0.3, 0.4) is 0 Å². The van der Waals surface area contributed by atoms with Crippen LogP contribution in [-0.4, -0.2) is 96.2 Å². The van der Waals surface area contributed by atoms with Gasteiger partial charge in [-0.25, -0.2) is 0 Å². The number of para-hydroxylation sites is 1. The number of ether oxygens (including phenoxy) is 1. The van der Waals surface area contributed by atoms with E-state index >= 15 is 0 Å². The highest BCUT2D eigenvalue weighted by molar-refractivity contribution is 5.95. The van der Waals surface area contributed by atoms with Gasteiger partial charge in [0.1, 0.15) is 17.9 Å². The number of carbonyl (C=O) groups excluding carboxylic acids is 2. The second-order valence-electron chi connectivity index (χ2n) is 16.1. The zero-order chi connectivity index (χ0) is 37.0. The largest absolute Gasteiger partial charge is 0.496 e. The average Bonchev–Trinajstić information content (AvgIpc) is 3.51. The molecule has 3 fully saturated rings. The summed E-state index contributed by atoms with van der Waals surface area (Å²) in [5, 5.41) is 29.7. The summed E-state index contributed by atoms with van der Waals surface area (Å²) in [5.74, 6) is 0.820. The summed E-state index contributed by atoms with van der Waals surface area (Å²) >= 11 is 0.